The number of hydrogen-bond acceptors (Lipinski definition) is 5. The summed E-state index contributed by atoms with van der Waals surface area (Å²) in [5, 5.41) is 0.841. The van der Waals surface area contributed by atoms with Gasteiger partial charge in [0.1, 0.15) is 5.75 Å². The van der Waals surface area contributed by atoms with Crippen LogP contribution in [0.15, 0.2) is 47.5 Å². The highest BCUT2D eigenvalue weighted by Crippen LogP contribution is 2.46. The predicted molar refractivity (Wildman–Crippen MR) is 124 cm³/mol. The number of halogens is 1. The highest BCUT2D eigenvalue weighted by atomic mass is 35.5. The second kappa shape index (κ2) is 7.83. The Morgan fingerprint density at radius 1 is 1.19 bits per heavy atom. The van der Waals surface area contributed by atoms with E-state index in [0.29, 0.717) is 27.4 Å². The molecule has 6 nitrogen and oxygen atoms in total. The lowest BCUT2D eigenvalue weighted by atomic mass is 10.2. The molecule has 1 amide bonds. The molecule has 0 aromatic heterocycles. The van der Waals surface area contributed by atoms with Crippen molar-refractivity contribution in [2.24, 2.45) is 10.9 Å². The Balaban J connectivity index is 1.58. The van der Waals surface area contributed by atoms with Crippen LogP contribution in [0.25, 0.3) is 0 Å². The van der Waals surface area contributed by atoms with Crippen LogP contribution in [0.4, 0.5) is 5.69 Å². The van der Waals surface area contributed by atoms with E-state index in [1.54, 1.807) is 18.2 Å². The molecule has 2 saturated heterocycles. The fourth-order valence-electron chi connectivity index (χ4n) is 3.93. The highest BCUT2D eigenvalue weighted by Gasteiger charge is 2.50. The fourth-order valence-corrected chi connectivity index (χ4v) is 8.01. The number of ether oxygens (including phenoxy) is 1. The molecular weight excluding hydrogens is 456 g/mol. The number of amidine groups is 1. The van der Waals surface area contributed by atoms with Crippen LogP contribution in [0.5, 0.6) is 11.5 Å². The van der Waals surface area contributed by atoms with Crippen molar-refractivity contribution in [2.75, 3.05) is 16.4 Å². The Hall–Kier alpha value is -2.03. The summed E-state index contributed by atoms with van der Waals surface area (Å²) in [6.07, 6.45) is 1.72. The number of thioether (sulfide) groups is 1. The number of benzene rings is 2. The summed E-state index contributed by atoms with van der Waals surface area (Å²) in [5.41, 5.74) is 1.68. The number of fused-ring (bicyclic) bond motifs is 1. The molecule has 3 aliphatic rings. The van der Waals surface area contributed by atoms with E-state index in [-0.39, 0.29) is 34.6 Å². The second-order valence-electron chi connectivity index (χ2n) is 8.21. The molecule has 2 aromatic carbocycles. The Morgan fingerprint density at radius 3 is 2.74 bits per heavy atom. The Morgan fingerprint density at radius 2 is 2.00 bits per heavy atom. The molecule has 2 atom stereocenters. The molecule has 3 fully saturated rings. The fraction of sp³-hybridized carbons (Fsp3) is 0.364. The van der Waals surface area contributed by atoms with E-state index >= 15 is 0 Å². The van der Waals surface area contributed by atoms with Crippen molar-refractivity contribution in [2.45, 2.75) is 31.1 Å². The van der Waals surface area contributed by atoms with Gasteiger partial charge in [-0.25, -0.2) is 8.42 Å². The van der Waals surface area contributed by atoms with Crippen molar-refractivity contribution >= 4 is 50.0 Å². The van der Waals surface area contributed by atoms with E-state index in [2.05, 4.69) is 4.99 Å². The minimum absolute atomic E-state index is 0.0116. The van der Waals surface area contributed by atoms with Crippen LogP contribution in [0.1, 0.15) is 18.4 Å². The van der Waals surface area contributed by atoms with Crippen molar-refractivity contribution < 1.29 is 17.9 Å². The third-order valence-corrected chi connectivity index (χ3v) is 9.04. The molecule has 0 radical (unpaired) electrons. The normalized spacial score (nSPS) is 25.6. The Bertz CT molecular complexity index is 1190. The number of nitrogens with zero attached hydrogens (tertiary/aromatic N) is 2. The standard InChI is InChI=1S/C22H21ClN2O4S2/c1-13-3-2-4-16(9-13)29-19-8-7-15(23)10-17(19)25-18-11-31(27,28)12-20(18)30-22(25)24-21(26)14-5-6-14/h2-4,7-10,14,18,20H,5-6,11-12H2,1H3/t18-,20-/m1/s1. The lowest BCUT2D eigenvalue weighted by molar-refractivity contribution is -0.118. The first-order valence-corrected chi connectivity index (χ1v) is 13.2. The van der Waals surface area contributed by atoms with E-state index in [0.717, 1.165) is 18.4 Å². The van der Waals surface area contributed by atoms with Gasteiger partial charge in [0, 0.05) is 16.2 Å². The number of rotatable bonds is 4. The first-order chi connectivity index (χ1) is 14.8. The van der Waals surface area contributed by atoms with Crippen LogP contribution in [-0.2, 0) is 14.6 Å². The van der Waals surface area contributed by atoms with Crippen LogP contribution in [-0.4, -0.2) is 42.3 Å². The minimum atomic E-state index is -3.17. The van der Waals surface area contributed by atoms with E-state index in [4.69, 9.17) is 16.3 Å². The minimum Gasteiger partial charge on any atom is -0.455 e. The van der Waals surface area contributed by atoms with Crippen LogP contribution < -0.4 is 9.64 Å². The molecule has 0 N–H and O–H groups in total. The van der Waals surface area contributed by atoms with Gasteiger partial charge in [-0.15, -0.1) is 0 Å². The number of sulfone groups is 1. The SMILES string of the molecule is Cc1cccc(Oc2ccc(Cl)cc2N2C(=NC(=O)C3CC3)S[C@@H]3CS(=O)(=O)C[C@H]32)c1. The molecule has 2 aromatic rings. The molecule has 0 bridgehead atoms. The second-order valence-corrected chi connectivity index (χ2v) is 12.0. The molecule has 162 valence electrons. The van der Waals surface area contributed by atoms with E-state index in [9.17, 15) is 13.2 Å². The average molecular weight is 477 g/mol. The molecule has 5 rings (SSSR count). The molecule has 9 heteroatoms. The summed E-state index contributed by atoms with van der Waals surface area (Å²) in [4.78, 5) is 18.7. The number of carbonyl (C=O) groups excluding carboxylic acids is 1. The van der Waals surface area contributed by atoms with Crippen molar-refractivity contribution in [1.82, 2.24) is 0 Å². The van der Waals surface area contributed by atoms with Gasteiger partial charge in [0.15, 0.2) is 20.8 Å². The smallest absolute Gasteiger partial charge is 0.251 e. The molecule has 1 saturated carbocycles. The lowest BCUT2D eigenvalue weighted by Crippen LogP contribution is -2.38. The predicted octanol–water partition coefficient (Wildman–Crippen LogP) is 4.45. The Labute approximate surface area is 190 Å². The zero-order chi connectivity index (χ0) is 21.8. The third-order valence-electron chi connectivity index (χ3n) is 5.60. The monoisotopic (exact) mass is 476 g/mol. The molecule has 0 unspecified atom stereocenters. The molecular formula is C22H21ClN2O4S2. The average Bonchev–Trinajstić information content (AvgIpc) is 3.44. The maximum atomic E-state index is 12.5. The third kappa shape index (κ3) is 4.33. The quantitative estimate of drug-likeness (QED) is 0.648. The van der Waals surface area contributed by atoms with Gasteiger partial charge in [-0.3, -0.25) is 4.79 Å². The molecule has 2 heterocycles. The number of aryl methyl sites for hydroxylation is 1. The van der Waals surface area contributed by atoms with Crippen LogP contribution in [0, 0.1) is 12.8 Å². The van der Waals surface area contributed by atoms with Gasteiger partial charge in [-0.1, -0.05) is 35.5 Å². The van der Waals surface area contributed by atoms with Gasteiger partial charge in [0.05, 0.1) is 23.2 Å². The topological polar surface area (TPSA) is 76.0 Å². The summed E-state index contributed by atoms with van der Waals surface area (Å²) >= 11 is 7.68. The number of anilines is 1. The zero-order valence-corrected chi connectivity index (χ0v) is 19.2. The first kappa shape index (κ1) is 20.8. The van der Waals surface area contributed by atoms with Gasteiger partial charge < -0.3 is 9.64 Å². The Kier molecular flexibility index (Phi) is 5.27. The number of hydrogen-bond donors (Lipinski definition) is 0. The van der Waals surface area contributed by atoms with Gasteiger partial charge >= 0.3 is 0 Å². The van der Waals surface area contributed by atoms with Crippen LogP contribution >= 0.6 is 23.4 Å². The highest BCUT2D eigenvalue weighted by molar-refractivity contribution is 8.16. The largest absolute Gasteiger partial charge is 0.455 e. The number of carbonyl (C=O) groups is 1. The van der Waals surface area contributed by atoms with Crippen molar-refractivity contribution in [3.05, 3.63) is 53.1 Å². The maximum Gasteiger partial charge on any atom is 0.251 e. The molecule has 1 aliphatic carbocycles. The van der Waals surface area contributed by atoms with Gasteiger partial charge in [-0.05, 0) is 55.7 Å². The maximum absolute atomic E-state index is 12.5. The summed E-state index contributed by atoms with van der Waals surface area (Å²) in [5.74, 6) is 1.13. The number of aliphatic imine (C=N–C) groups is 1. The summed E-state index contributed by atoms with van der Waals surface area (Å²) in [7, 11) is -3.17. The van der Waals surface area contributed by atoms with Gasteiger partial charge in [0.25, 0.3) is 5.91 Å². The molecule has 31 heavy (non-hydrogen) atoms. The summed E-state index contributed by atoms with van der Waals surface area (Å²) in [6.45, 7) is 1.98. The zero-order valence-electron chi connectivity index (χ0n) is 16.8. The number of amides is 1. The van der Waals surface area contributed by atoms with Crippen molar-refractivity contribution in [3.63, 3.8) is 0 Å². The lowest BCUT2D eigenvalue weighted by Gasteiger charge is -2.27. The molecule has 2 aliphatic heterocycles. The van der Waals surface area contributed by atoms with E-state index in [1.807, 2.05) is 36.1 Å². The van der Waals surface area contributed by atoms with E-state index < -0.39 is 9.84 Å². The first-order valence-electron chi connectivity index (χ1n) is 10.1. The van der Waals surface area contributed by atoms with Crippen molar-refractivity contribution in [3.8, 4) is 11.5 Å². The van der Waals surface area contributed by atoms with Gasteiger partial charge in [0.2, 0.25) is 0 Å². The van der Waals surface area contributed by atoms with Crippen LogP contribution in [0.3, 0.4) is 0 Å². The van der Waals surface area contributed by atoms with E-state index in [1.165, 1.54) is 11.8 Å². The summed E-state index contributed by atoms with van der Waals surface area (Å²) < 4.78 is 30.9. The summed E-state index contributed by atoms with van der Waals surface area (Å²) in [6, 6.07) is 12.6. The van der Waals surface area contributed by atoms with Crippen molar-refractivity contribution in [1.29, 1.82) is 0 Å². The molecule has 0 spiro atoms. The van der Waals surface area contributed by atoms with Crippen LogP contribution in [0.2, 0.25) is 5.02 Å². The van der Waals surface area contributed by atoms with Gasteiger partial charge in [-0.2, -0.15) is 4.99 Å².